The van der Waals surface area contributed by atoms with Crippen molar-refractivity contribution in [2.45, 2.75) is 32.2 Å². The first-order valence-corrected chi connectivity index (χ1v) is 8.35. The molecule has 0 aliphatic heterocycles. The molecule has 0 fully saturated rings. The minimum Gasteiger partial charge on any atom is -0.337 e. The first-order valence-electron chi connectivity index (χ1n) is 7.53. The van der Waals surface area contributed by atoms with Crippen molar-refractivity contribution < 1.29 is 4.79 Å². The molecule has 22 heavy (non-hydrogen) atoms. The van der Waals surface area contributed by atoms with Crippen LogP contribution in [0.1, 0.15) is 44.1 Å². The fourth-order valence-corrected chi connectivity index (χ4v) is 4.06. The van der Waals surface area contributed by atoms with Crippen LogP contribution in [0.5, 0.6) is 0 Å². The van der Waals surface area contributed by atoms with Gasteiger partial charge in [-0.15, -0.1) is 11.3 Å². The topological polar surface area (TPSA) is 44.1 Å². The van der Waals surface area contributed by atoms with E-state index in [4.69, 9.17) is 5.26 Å². The van der Waals surface area contributed by atoms with Crippen molar-refractivity contribution in [1.82, 2.24) is 4.90 Å². The van der Waals surface area contributed by atoms with Crippen LogP contribution in [0.4, 0.5) is 0 Å². The van der Waals surface area contributed by atoms with E-state index in [0.717, 1.165) is 23.3 Å². The summed E-state index contributed by atoms with van der Waals surface area (Å²) >= 11 is 1.65. The molecule has 1 aromatic carbocycles. The molecule has 3 nitrogen and oxygen atoms in total. The average molecular weight is 310 g/mol. The molecule has 4 heteroatoms. The van der Waals surface area contributed by atoms with E-state index in [9.17, 15) is 4.79 Å². The van der Waals surface area contributed by atoms with E-state index in [2.05, 4.69) is 12.1 Å². The summed E-state index contributed by atoms with van der Waals surface area (Å²) < 4.78 is 0. The quantitative estimate of drug-likeness (QED) is 0.866. The Hall–Kier alpha value is -2.12. The molecule has 0 N–H and O–H groups in total. The summed E-state index contributed by atoms with van der Waals surface area (Å²) in [5.74, 6) is 0.0868. The molecule has 0 atom stereocenters. The van der Waals surface area contributed by atoms with Crippen LogP contribution in [0.3, 0.4) is 0 Å². The number of thiophene rings is 1. The molecule has 1 amide bonds. The second-order valence-corrected chi connectivity index (χ2v) is 6.87. The Morgan fingerprint density at radius 1 is 1.27 bits per heavy atom. The lowest BCUT2D eigenvalue weighted by Gasteiger charge is -2.16. The van der Waals surface area contributed by atoms with Crippen LogP contribution < -0.4 is 0 Å². The highest BCUT2D eigenvalue weighted by molar-refractivity contribution is 7.14. The van der Waals surface area contributed by atoms with Crippen LogP contribution in [-0.4, -0.2) is 17.9 Å². The molecule has 112 valence electrons. The number of fused-ring (bicyclic) bond motifs is 1. The van der Waals surface area contributed by atoms with Crippen molar-refractivity contribution in [2.75, 3.05) is 7.05 Å². The minimum atomic E-state index is 0.0868. The van der Waals surface area contributed by atoms with Crippen molar-refractivity contribution in [3.8, 4) is 6.07 Å². The maximum atomic E-state index is 12.6. The number of carbonyl (C=O) groups excluding carboxylic acids is 1. The number of amides is 1. The molecule has 1 heterocycles. The van der Waals surface area contributed by atoms with E-state index in [0.29, 0.717) is 12.1 Å². The van der Waals surface area contributed by atoms with Crippen LogP contribution in [0.2, 0.25) is 0 Å². The van der Waals surface area contributed by atoms with E-state index in [1.807, 2.05) is 19.2 Å². The number of hydrogen-bond acceptors (Lipinski definition) is 3. The van der Waals surface area contributed by atoms with Gasteiger partial charge in [0.25, 0.3) is 5.91 Å². The third-order valence-electron chi connectivity index (χ3n) is 4.06. The monoisotopic (exact) mass is 310 g/mol. The van der Waals surface area contributed by atoms with Crippen LogP contribution >= 0.6 is 11.3 Å². The lowest BCUT2D eigenvalue weighted by atomic mass is 9.99. The van der Waals surface area contributed by atoms with Gasteiger partial charge in [0.05, 0.1) is 16.5 Å². The van der Waals surface area contributed by atoms with Crippen molar-refractivity contribution in [3.05, 3.63) is 56.8 Å². The SMILES string of the molecule is CN(Cc1ccc(C#N)cc1)C(=O)c1cc2c(s1)CCCC2. The molecule has 0 radical (unpaired) electrons. The van der Waals surface area contributed by atoms with Crippen LogP contribution in [0.25, 0.3) is 0 Å². The zero-order chi connectivity index (χ0) is 15.5. The average Bonchev–Trinajstić information content (AvgIpc) is 2.98. The fraction of sp³-hybridized carbons (Fsp3) is 0.333. The van der Waals surface area contributed by atoms with Crippen LogP contribution in [-0.2, 0) is 19.4 Å². The Balaban J connectivity index is 1.71. The summed E-state index contributed by atoms with van der Waals surface area (Å²) in [5.41, 5.74) is 3.05. The van der Waals surface area contributed by atoms with Gasteiger partial charge in [0.15, 0.2) is 0 Å². The van der Waals surface area contributed by atoms with Crippen molar-refractivity contribution in [3.63, 3.8) is 0 Å². The van der Waals surface area contributed by atoms with E-state index in [1.165, 1.54) is 23.3 Å². The highest BCUT2D eigenvalue weighted by Gasteiger charge is 2.19. The van der Waals surface area contributed by atoms with Gasteiger partial charge < -0.3 is 4.90 Å². The number of rotatable bonds is 3. The second kappa shape index (κ2) is 6.33. The Bertz CT molecular complexity index is 701. The zero-order valence-corrected chi connectivity index (χ0v) is 13.4. The molecule has 0 saturated heterocycles. The summed E-state index contributed by atoms with van der Waals surface area (Å²) in [6.45, 7) is 0.563. The first kappa shape index (κ1) is 14.8. The van der Waals surface area contributed by atoms with Gasteiger partial charge >= 0.3 is 0 Å². The summed E-state index contributed by atoms with van der Waals surface area (Å²) in [6, 6.07) is 11.6. The second-order valence-electron chi connectivity index (χ2n) is 5.74. The van der Waals surface area contributed by atoms with E-state index >= 15 is 0 Å². The Morgan fingerprint density at radius 2 is 2.00 bits per heavy atom. The third kappa shape index (κ3) is 3.05. The zero-order valence-electron chi connectivity index (χ0n) is 12.6. The predicted molar refractivity (Wildman–Crippen MR) is 87.9 cm³/mol. The number of nitrogens with zero attached hydrogens (tertiary/aromatic N) is 2. The van der Waals surface area contributed by atoms with Crippen LogP contribution in [0, 0.1) is 11.3 Å². The predicted octanol–water partition coefficient (Wildman–Crippen LogP) is 3.77. The summed E-state index contributed by atoms with van der Waals surface area (Å²) in [5, 5.41) is 8.81. The van der Waals surface area contributed by atoms with Crippen molar-refractivity contribution in [1.29, 1.82) is 5.26 Å². The molecule has 3 rings (SSSR count). The number of nitriles is 1. The molecular weight excluding hydrogens is 292 g/mol. The maximum absolute atomic E-state index is 12.6. The molecule has 1 aromatic heterocycles. The van der Waals surface area contributed by atoms with E-state index in [-0.39, 0.29) is 5.91 Å². The number of carbonyl (C=O) groups is 1. The van der Waals surface area contributed by atoms with Gasteiger partial charge in [0.2, 0.25) is 0 Å². The first-order chi connectivity index (χ1) is 10.7. The lowest BCUT2D eigenvalue weighted by Crippen LogP contribution is -2.25. The Kier molecular flexibility index (Phi) is 4.26. The highest BCUT2D eigenvalue weighted by Crippen LogP contribution is 2.30. The molecular formula is C18H18N2OS. The molecule has 0 unspecified atom stereocenters. The summed E-state index contributed by atoms with van der Waals surface area (Å²) in [4.78, 5) is 16.6. The number of hydrogen-bond donors (Lipinski definition) is 0. The van der Waals surface area contributed by atoms with Gasteiger partial charge in [-0.3, -0.25) is 4.79 Å². The summed E-state index contributed by atoms with van der Waals surface area (Å²) in [7, 11) is 1.83. The lowest BCUT2D eigenvalue weighted by molar-refractivity contribution is 0.0790. The molecule has 1 aliphatic rings. The van der Waals surface area contributed by atoms with Crippen molar-refractivity contribution >= 4 is 17.2 Å². The number of benzene rings is 1. The van der Waals surface area contributed by atoms with Gasteiger partial charge in [0, 0.05) is 18.5 Å². The summed E-state index contributed by atoms with van der Waals surface area (Å²) in [6.07, 6.45) is 4.70. The van der Waals surface area contributed by atoms with E-state index in [1.54, 1.807) is 28.4 Å². The van der Waals surface area contributed by atoms with Crippen molar-refractivity contribution in [2.24, 2.45) is 0 Å². The molecule has 0 spiro atoms. The maximum Gasteiger partial charge on any atom is 0.263 e. The third-order valence-corrected chi connectivity index (χ3v) is 5.28. The fourth-order valence-electron chi connectivity index (χ4n) is 2.81. The van der Waals surface area contributed by atoms with Gasteiger partial charge in [0.1, 0.15) is 0 Å². The van der Waals surface area contributed by atoms with Gasteiger partial charge in [-0.25, -0.2) is 0 Å². The Morgan fingerprint density at radius 3 is 2.68 bits per heavy atom. The molecule has 0 bridgehead atoms. The normalized spacial score (nSPS) is 13.3. The minimum absolute atomic E-state index is 0.0868. The molecule has 1 aliphatic carbocycles. The van der Waals surface area contributed by atoms with Crippen LogP contribution in [0.15, 0.2) is 30.3 Å². The van der Waals surface area contributed by atoms with Gasteiger partial charge in [-0.05, 0) is 55.0 Å². The standard InChI is InChI=1S/C18H18N2OS/c1-20(12-14-8-6-13(11-19)7-9-14)18(21)17-10-15-4-2-3-5-16(15)22-17/h6-10H,2-5,12H2,1H3. The molecule has 0 saturated carbocycles. The highest BCUT2D eigenvalue weighted by atomic mass is 32.1. The molecule has 2 aromatic rings. The number of aryl methyl sites for hydroxylation is 2. The van der Waals surface area contributed by atoms with Gasteiger partial charge in [-0.2, -0.15) is 5.26 Å². The van der Waals surface area contributed by atoms with E-state index < -0.39 is 0 Å². The smallest absolute Gasteiger partial charge is 0.263 e. The van der Waals surface area contributed by atoms with Gasteiger partial charge in [-0.1, -0.05) is 12.1 Å². The largest absolute Gasteiger partial charge is 0.337 e. The Labute approximate surface area is 134 Å².